The van der Waals surface area contributed by atoms with Crippen LogP contribution in [0.25, 0.3) is 20.5 Å². The smallest absolute Gasteiger partial charge is 0.338 e. The minimum Gasteiger partial charge on any atom is -0.487 e. The molecule has 0 unspecified atom stereocenters. The molecular weight excluding hydrogens is 422 g/mol. The van der Waals surface area contributed by atoms with Gasteiger partial charge >= 0.3 is 5.97 Å². The average Bonchev–Trinajstić information content (AvgIpc) is 3.24. The highest BCUT2D eigenvalue weighted by molar-refractivity contribution is 7.22. The van der Waals surface area contributed by atoms with Crippen LogP contribution in [-0.4, -0.2) is 37.4 Å². The molecule has 162 valence electrons. The Labute approximate surface area is 190 Å². The highest BCUT2D eigenvalue weighted by Crippen LogP contribution is 2.42. The number of rotatable bonds is 6. The van der Waals surface area contributed by atoms with E-state index in [1.807, 2.05) is 48.5 Å². The molecule has 1 aliphatic heterocycles. The summed E-state index contributed by atoms with van der Waals surface area (Å²) in [5.41, 5.74) is 3.35. The van der Waals surface area contributed by atoms with E-state index < -0.39 is 0 Å². The van der Waals surface area contributed by atoms with Crippen molar-refractivity contribution in [2.75, 3.05) is 25.1 Å². The fraction of sp³-hybridized carbons (Fsp3) is 0.192. The van der Waals surface area contributed by atoms with E-state index in [2.05, 4.69) is 29.2 Å². The number of hydrogen-bond donors (Lipinski definition) is 1. The maximum Gasteiger partial charge on any atom is 0.338 e. The largest absolute Gasteiger partial charge is 0.487 e. The van der Waals surface area contributed by atoms with Crippen LogP contribution in [0.15, 0.2) is 72.8 Å². The second-order valence-corrected chi connectivity index (χ2v) is 8.87. The Morgan fingerprint density at radius 1 is 1.06 bits per heavy atom. The highest BCUT2D eigenvalue weighted by atomic mass is 32.1. The number of ether oxygens (including phenoxy) is 2. The molecule has 0 amide bonds. The van der Waals surface area contributed by atoms with E-state index in [-0.39, 0.29) is 18.7 Å². The van der Waals surface area contributed by atoms with Crippen molar-refractivity contribution in [3.8, 4) is 16.2 Å². The van der Waals surface area contributed by atoms with Crippen molar-refractivity contribution >= 4 is 33.1 Å². The summed E-state index contributed by atoms with van der Waals surface area (Å²) in [7, 11) is 1.42. The number of esters is 1. The third-order valence-electron chi connectivity index (χ3n) is 5.72. The Bertz CT molecular complexity index is 1230. The molecule has 1 fully saturated rings. The Morgan fingerprint density at radius 3 is 2.56 bits per heavy atom. The zero-order chi connectivity index (χ0) is 22.1. The van der Waals surface area contributed by atoms with Gasteiger partial charge in [-0.2, -0.15) is 0 Å². The number of nitrogens with zero attached hydrogens (tertiary/aromatic N) is 1. The SMILES string of the molecule is COC(=O)c1cccc(N2CC(Oc3ccc(CO)cc3)C2)c1-c1cc2ccccc2s1. The zero-order valence-electron chi connectivity index (χ0n) is 17.7. The lowest BCUT2D eigenvalue weighted by Gasteiger charge is -2.41. The van der Waals surface area contributed by atoms with Crippen LogP contribution in [0, 0.1) is 0 Å². The molecule has 6 heteroatoms. The third-order valence-corrected chi connectivity index (χ3v) is 6.85. The minimum absolute atomic E-state index is 0.0224. The molecule has 3 aromatic carbocycles. The molecule has 5 nitrogen and oxygen atoms in total. The average molecular weight is 446 g/mol. The summed E-state index contributed by atoms with van der Waals surface area (Å²) in [6.45, 7) is 1.48. The van der Waals surface area contributed by atoms with E-state index in [1.54, 1.807) is 11.3 Å². The summed E-state index contributed by atoms with van der Waals surface area (Å²) < 4.78 is 12.3. The molecule has 0 atom stereocenters. The predicted molar refractivity (Wildman–Crippen MR) is 128 cm³/mol. The molecule has 4 aromatic rings. The number of aliphatic hydroxyl groups is 1. The zero-order valence-corrected chi connectivity index (χ0v) is 18.5. The number of methoxy groups -OCH3 is 1. The lowest BCUT2D eigenvalue weighted by molar-refractivity contribution is 0.0601. The van der Waals surface area contributed by atoms with Crippen molar-refractivity contribution in [2.24, 2.45) is 0 Å². The van der Waals surface area contributed by atoms with E-state index in [0.29, 0.717) is 5.56 Å². The van der Waals surface area contributed by atoms with Gasteiger partial charge in [0.25, 0.3) is 0 Å². The Kier molecular flexibility index (Phi) is 5.55. The molecule has 5 rings (SSSR count). The van der Waals surface area contributed by atoms with Crippen molar-refractivity contribution in [1.29, 1.82) is 0 Å². The molecule has 1 aliphatic rings. The van der Waals surface area contributed by atoms with Gasteiger partial charge in [0, 0.05) is 20.8 Å². The first-order valence-corrected chi connectivity index (χ1v) is 11.3. The van der Waals surface area contributed by atoms with Gasteiger partial charge in [-0.15, -0.1) is 11.3 Å². The Hall–Kier alpha value is -3.35. The molecule has 0 spiro atoms. The van der Waals surface area contributed by atoms with Gasteiger partial charge in [-0.3, -0.25) is 0 Å². The van der Waals surface area contributed by atoms with E-state index in [4.69, 9.17) is 9.47 Å². The second-order valence-electron chi connectivity index (χ2n) is 7.79. The highest BCUT2D eigenvalue weighted by Gasteiger charge is 2.32. The van der Waals surface area contributed by atoms with Crippen molar-refractivity contribution in [2.45, 2.75) is 12.7 Å². The number of fused-ring (bicyclic) bond motifs is 1. The molecule has 1 aromatic heterocycles. The fourth-order valence-electron chi connectivity index (χ4n) is 4.02. The normalized spacial score (nSPS) is 13.8. The van der Waals surface area contributed by atoms with Gasteiger partial charge in [-0.05, 0) is 47.3 Å². The van der Waals surface area contributed by atoms with E-state index in [1.165, 1.54) is 11.8 Å². The predicted octanol–water partition coefficient (Wildman–Crippen LogP) is 5.11. The van der Waals surface area contributed by atoms with Gasteiger partial charge < -0.3 is 19.5 Å². The summed E-state index contributed by atoms with van der Waals surface area (Å²) >= 11 is 1.68. The number of carbonyl (C=O) groups excluding carboxylic acids is 1. The number of hydrogen-bond acceptors (Lipinski definition) is 6. The lowest BCUT2D eigenvalue weighted by Crippen LogP contribution is -2.54. The first-order chi connectivity index (χ1) is 15.7. The maximum atomic E-state index is 12.6. The van der Waals surface area contributed by atoms with Crippen LogP contribution < -0.4 is 9.64 Å². The van der Waals surface area contributed by atoms with Gasteiger partial charge in [-0.25, -0.2) is 4.79 Å². The van der Waals surface area contributed by atoms with Gasteiger partial charge in [0.1, 0.15) is 11.9 Å². The van der Waals surface area contributed by atoms with Gasteiger partial charge in [0.2, 0.25) is 0 Å². The summed E-state index contributed by atoms with van der Waals surface area (Å²) in [6.07, 6.45) is 0.0621. The number of aliphatic hydroxyl groups excluding tert-OH is 1. The van der Waals surface area contributed by atoms with Crippen LogP contribution in [-0.2, 0) is 11.3 Å². The third kappa shape index (κ3) is 3.83. The molecule has 32 heavy (non-hydrogen) atoms. The maximum absolute atomic E-state index is 12.6. The van der Waals surface area contributed by atoms with Gasteiger partial charge in [0.05, 0.1) is 32.4 Å². The monoisotopic (exact) mass is 445 g/mol. The first kappa shape index (κ1) is 20.5. The van der Waals surface area contributed by atoms with Gasteiger partial charge in [-0.1, -0.05) is 36.4 Å². The molecular formula is C26H23NO4S. The number of benzene rings is 3. The number of anilines is 1. The van der Waals surface area contributed by atoms with Crippen molar-refractivity contribution in [1.82, 2.24) is 0 Å². The van der Waals surface area contributed by atoms with Crippen molar-refractivity contribution in [3.63, 3.8) is 0 Å². The Balaban J connectivity index is 1.43. The molecule has 0 bridgehead atoms. The summed E-state index contributed by atoms with van der Waals surface area (Å²) in [5, 5.41) is 10.4. The minimum atomic E-state index is -0.336. The molecule has 1 saturated heterocycles. The van der Waals surface area contributed by atoms with E-state index in [9.17, 15) is 9.90 Å². The van der Waals surface area contributed by atoms with Crippen LogP contribution in [0.2, 0.25) is 0 Å². The summed E-state index contributed by atoms with van der Waals surface area (Å²) in [4.78, 5) is 15.9. The van der Waals surface area contributed by atoms with Crippen LogP contribution in [0.1, 0.15) is 15.9 Å². The number of carbonyl (C=O) groups is 1. The summed E-state index contributed by atoms with van der Waals surface area (Å²) in [6, 6.07) is 23.7. The lowest BCUT2D eigenvalue weighted by atomic mass is 9.99. The quantitative estimate of drug-likeness (QED) is 0.418. The van der Waals surface area contributed by atoms with Crippen LogP contribution >= 0.6 is 11.3 Å². The Morgan fingerprint density at radius 2 is 1.84 bits per heavy atom. The van der Waals surface area contributed by atoms with Crippen LogP contribution in [0.3, 0.4) is 0 Å². The van der Waals surface area contributed by atoms with Gasteiger partial charge in [0.15, 0.2) is 0 Å². The second kappa shape index (κ2) is 8.65. The van der Waals surface area contributed by atoms with Crippen molar-refractivity contribution < 1.29 is 19.4 Å². The van der Waals surface area contributed by atoms with E-state index >= 15 is 0 Å². The number of thiophene rings is 1. The van der Waals surface area contributed by atoms with Crippen LogP contribution in [0.5, 0.6) is 5.75 Å². The standard InChI is InChI=1S/C26H23NO4S/c1-30-26(29)21-6-4-7-22(25(21)24-13-18-5-2-3-8-23(18)32-24)27-14-20(15-27)31-19-11-9-17(16-28)10-12-19/h2-13,20,28H,14-16H2,1H3. The first-order valence-electron chi connectivity index (χ1n) is 10.5. The molecule has 0 saturated carbocycles. The molecule has 1 N–H and O–H groups in total. The van der Waals surface area contributed by atoms with E-state index in [0.717, 1.165) is 45.9 Å². The molecule has 0 aliphatic carbocycles. The van der Waals surface area contributed by atoms with Crippen LogP contribution in [0.4, 0.5) is 5.69 Å². The topological polar surface area (TPSA) is 59.0 Å². The molecule has 2 heterocycles. The fourth-order valence-corrected chi connectivity index (χ4v) is 5.15. The summed E-state index contributed by atoms with van der Waals surface area (Å²) in [5.74, 6) is 0.455. The molecule has 0 radical (unpaired) electrons. The van der Waals surface area contributed by atoms with Crippen molar-refractivity contribution in [3.05, 3.63) is 83.9 Å².